The molecule has 0 aromatic heterocycles. The quantitative estimate of drug-likeness (QED) is 0.551. The predicted molar refractivity (Wildman–Crippen MR) is 41.7 cm³/mol. The van der Waals surface area contributed by atoms with Crippen molar-refractivity contribution in [3.05, 3.63) is 0 Å². The van der Waals surface area contributed by atoms with E-state index in [0.29, 0.717) is 6.04 Å². The molecule has 2 fully saturated rings. The molecule has 0 radical (unpaired) electrons. The molecule has 2 heteroatoms. The van der Waals surface area contributed by atoms with E-state index >= 15 is 0 Å². The van der Waals surface area contributed by atoms with E-state index in [0.717, 1.165) is 18.4 Å². The van der Waals surface area contributed by atoms with Crippen LogP contribution in [0.25, 0.3) is 0 Å². The van der Waals surface area contributed by atoms with Crippen LogP contribution in [0.4, 0.5) is 0 Å². The lowest BCUT2D eigenvalue weighted by atomic mass is 9.94. The Labute approximate surface area is 62.2 Å². The van der Waals surface area contributed by atoms with Crippen LogP contribution in [-0.4, -0.2) is 19.1 Å². The van der Waals surface area contributed by atoms with E-state index in [-0.39, 0.29) is 0 Å². The van der Waals surface area contributed by atoms with Gasteiger partial charge in [-0.25, -0.2) is 0 Å². The van der Waals surface area contributed by atoms with Gasteiger partial charge in [0.15, 0.2) is 0 Å². The van der Waals surface area contributed by atoms with Gasteiger partial charge in [0.05, 0.1) is 0 Å². The molecule has 1 saturated heterocycles. The van der Waals surface area contributed by atoms with E-state index in [1.54, 1.807) is 0 Å². The van der Waals surface area contributed by atoms with Crippen molar-refractivity contribution >= 4 is 0 Å². The molecular formula is C8H16N2. The SMILES string of the molecule is NC[C@@H]1NC[C@@H]2CCC[C@@H]21. The maximum absolute atomic E-state index is 5.63. The van der Waals surface area contributed by atoms with Crippen molar-refractivity contribution in [1.29, 1.82) is 0 Å². The normalized spacial score (nSPS) is 45.9. The second-order valence-electron chi connectivity index (χ2n) is 3.61. The van der Waals surface area contributed by atoms with Crippen LogP contribution in [0.3, 0.4) is 0 Å². The summed E-state index contributed by atoms with van der Waals surface area (Å²) in [5, 5.41) is 3.48. The van der Waals surface area contributed by atoms with Crippen molar-refractivity contribution in [2.24, 2.45) is 17.6 Å². The Hall–Kier alpha value is -0.0800. The highest BCUT2D eigenvalue weighted by atomic mass is 15.0. The lowest BCUT2D eigenvalue weighted by Crippen LogP contribution is -2.34. The third-order valence-electron chi connectivity index (χ3n) is 3.13. The number of nitrogens with one attached hydrogen (secondary N) is 1. The fourth-order valence-corrected chi connectivity index (χ4v) is 2.56. The Morgan fingerprint density at radius 1 is 1.40 bits per heavy atom. The molecule has 2 nitrogen and oxygen atoms in total. The molecule has 0 unspecified atom stereocenters. The lowest BCUT2D eigenvalue weighted by molar-refractivity contribution is 0.417. The zero-order chi connectivity index (χ0) is 6.97. The Kier molecular flexibility index (Phi) is 1.66. The van der Waals surface area contributed by atoms with E-state index in [4.69, 9.17) is 5.73 Å². The Balaban J connectivity index is 2.01. The fourth-order valence-electron chi connectivity index (χ4n) is 2.56. The van der Waals surface area contributed by atoms with Crippen LogP contribution in [0.1, 0.15) is 19.3 Å². The molecule has 58 valence electrons. The van der Waals surface area contributed by atoms with Gasteiger partial charge in [-0.3, -0.25) is 0 Å². The molecule has 0 amide bonds. The van der Waals surface area contributed by atoms with Gasteiger partial charge in [-0.15, -0.1) is 0 Å². The maximum Gasteiger partial charge on any atom is 0.0221 e. The second-order valence-corrected chi connectivity index (χ2v) is 3.61. The van der Waals surface area contributed by atoms with Crippen LogP contribution in [-0.2, 0) is 0 Å². The summed E-state index contributed by atoms with van der Waals surface area (Å²) in [4.78, 5) is 0. The zero-order valence-electron chi connectivity index (χ0n) is 6.34. The van der Waals surface area contributed by atoms with Gasteiger partial charge in [0.25, 0.3) is 0 Å². The van der Waals surface area contributed by atoms with Crippen molar-refractivity contribution in [2.75, 3.05) is 13.1 Å². The van der Waals surface area contributed by atoms with Gasteiger partial charge in [0.1, 0.15) is 0 Å². The van der Waals surface area contributed by atoms with E-state index in [1.807, 2.05) is 0 Å². The van der Waals surface area contributed by atoms with E-state index < -0.39 is 0 Å². The van der Waals surface area contributed by atoms with E-state index in [9.17, 15) is 0 Å². The number of rotatable bonds is 1. The summed E-state index contributed by atoms with van der Waals surface area (Å²) in [6.07, 6.45) is 4.29. The molecule has 2 rings (SSSR count). The van der Waals surface area contributed by atoms with Crippen LogP contribution in [0, 0.1) is 11.8 Å². The van der Waals surface area contributed by atoms with Gasteiger partial charge >= 0.3 is 0 Å². The average molecular weight is 140 g/mol. The molecular weight excluding hydrogens is 124 g/mol. The molecule has 1 heterocycles. The van der Waals surface area contributed by atoms with Gasteiger partial charge in [-0.05, 0) is 31.2 Å². The van der Waals surface area contributed by atoms with Crippen molar-refractivity contribution in [2.45, 2.75) is 25.3 Å². The monoisotopic (exact) mass is 140 g/mol. The number of fused-ring (bicyclic) bond motifs is 1. The fraction of sp³-hybridized carbons (Fsp3) is 1.00. The van der Waals surface area contributed by atoms with Gasteiger partial charge in [0, 0.05) is 12.6 Å². The summed E-state index contributed by atoms with van der Waals surface area (Å²) in [7, 11) is 0. The van der Waals surface area contributed by atoms with Crippen molar-refractivity contribution in [3.8, 4) is 0 Å². The lowest BCUT2D eigenvalue weighted by Gasteiger charge is -2.14. The average Bonchev–Trinajstić information content (AvgIpc) is 2.44. The smallest absolute Gasteiger partial charge is 0.0221 e. The number of hydrogen-bond acceptors (Lipinski definition) is 2. The summed E-state index contributed by atoms with van der Waals surface area (Å²) >= 11 is 0. The summed E-state index contributed by atoms with van der Waals surface area (Å²) in [6.45, 7) is 2.06. The number of nitrogens with two attached hydrogens (primary N) is 1. The Morgan fingerprint density at radius 3 is 3.10 bits per heavy atom. The van der Waals surface area contributed by atoms with Crippen LogP contribution < -0.4 is 11.1 Å². The van der Waals surface area contributed by atoms with E-state index in [2.05, 4.69) is 5.32 Å². The van der Waals surface area contributed by atoms with Crippen molar-refractivity contribution < 1.29 is 0 Å². The van der Waals surface area contributed by atoms with Crippen LogP contribution in [0.5, 0.6) is 0 Å². The van der Waals surface area contributed by atoms with Crippen LogP contribution in [0.2, 0.25) is 0 Å². The highest BCUT2D eigenvalue weighted by molar-refractivity contribution is 4.94. The first kappa shape index (κ1) is 6.62. The molecule has 3 N–H and O–H groups in total. The molecule has 0 aromatic rings. The van der Waals surface area contributed by atoms with E-state index in [1.165, 1.54) is 25.8 Å². The van der Waals surface area contributed by atoms with Gasteiger partial charge in [-0.1, -0.05) is 6.42 Å². The summed E-state index contributed by atoms with van der Waals surface area (Å²) < 4.78 is 0. The highest BCUT2D eigenvalue weighted by Gasteiger charge is 2.37. The van der Waals surface area contributed by atoms with Gasteiger partial charge in [-0.2, -0.15) is 0 Å². The molecule has 10 heavy (non-hydrogen) atoms. The first-order chi connectivity index (χ1) is 4.92. The third-order valence-corrected chi connectivity index (χ3v) is 3.13. The molecule has 1 aliphatic heterocycles. The van der Waals surface area contributed by atoms with Crippen molar-refractivity contribution in [1.82, 2.24) is 5.32 Å². The highest BCUT2D eigenvalue weighted by Crippen LogP contribution is 2.37. The first-order valence-corrected chi connectivity index (χ1v) is 4.35. The minimum absolute atomic E-state index is 0.646. The zero-order valence-corrected chi connectivity index (χ0v) is 6.34. The van der Waals surface area contributed by atoms with Gasteiger partial charge < -0.3 is 11.1 Å². The van der Waals surface area contributed by atoms with Crippen LogP contribution in [0.15, 0.2) is 0 Å². The summed E-state index contributed by atoms with van der Waals surface area (Å²) in [6, 6.07) is 0.646. The summed E-state index contributed by atoms with van der Waals surface area (Å²) in [5.74, 6) is 1.89. The van der Waals surface area contributed by atoms with Gasteiger partial charge in [0.2, 0.25) is 0 Å². The molecule has 0 bridgehead atoms. The standard InChI is InChI=1S/C8H16N2/c9-4-8-7-3-1-2-6(7)5-10-8/h6-8,10H,1-5,9H2/t6-,7-,8-/m0/s1. The maximum atomic E-state index is 5.63. The van der Waals surface area contributed by atoms with Crippen molar-refractivity contribution in [3.63, 3.8) is 0 Å². The predicted octanol–water partition coefficient (Wildman–Crippen LogP) is 0.333. The molecule has 0 spiro atoms. The summed E-state index contributed by atoms with van der Waals surface area (Å²) in [5.41, 5.74) is 5.63. The molecule has 3 atom stereocenters. The number of hydrogen-bond donors (Lipinski definition) is 2. The topological polar surface area (TPSA) is 38.0 Å². The first-order valence-electron chi connectivity index (χ1n) is 4.35. The molecule has 1 saturated carbocycles. The Bertz CT molecular complexity index is 124. The minimum Gasteiger partial charge on any atom is -0.329 e. The molecule has 1 aliphatic carbocycles. The molecule has 2 aliphatic rings. The minimum atomic E-state index is 0.646. The second kappa shape index (κ2) is 2.51. The molecule has 0 aromatic carbocycles. The largest absolute Gasteiger partial charge is 0.329 e. The Morgan fingerprint density at radius 2 is 2.30 bits per heavy atom. The third kappa shape index (κ3) is 0.867. The van der Waals surface area contributed by atoms with Crippen LogP contribution >= 0.6 is 0 Å².